The maximum Gasteiger partial charge on any atom is 0.283 e. The predicted molar refractivity (Wildman–Crippen MR) is 85.1 cm³/mol. The van der Waals surface area contributed by atoms with Crippen molar-refractivity contribution in [3.05, 3.63) is 34.1 Å². The Balaban J connectivity index is 0.00000176. The fourth-order valence-corrected chi connectivity index (χ4v) is 2.84. The van der Waals surface area contributed by atoms with Gasteiger partial charge in [-0.25, -0.2) is 0 Å². The fraction of sp³-hybridized carbons (Fsp3) is 0.385. The number of thioether (sulfide) groups is 1. The highest BCUT2D eigenvalue weighted by atomic mass is 35.5. The number of aromatic nitrogens is 2. The largest absolute Gasteiger partial charge is 0.334 e. The third-order valence-electron chi connectivity index (χ3n) is 3.74. The van der Waals surface area contributed by atoms with E-state index >= 15 is 0 Å². The van der Waals surface area contributed by atoms with Gasteiger partial charge >= 0.3 is 0 Å². The molecule has 22 heavy (non-hydrogen) atoms. The Morgan fingerprint density at radius 1 is 1.45 bits per heavy atom. The molecule has 0 radical (unpaired) electrons. The monoisotopic (exact) mass is 342 g/mol. The Bertz CT molecular complexity index is 702. The number of hydrogen-bond acceptors (Lipinski definition) is 7. The number of nitro groups is 1. The molecule has 1 aliphatic rings. The summed E-state index contributed by atoms with van der Waals surface area (Å²) in [5.41, 5.74) is 6.20. The maximum atomic E-state index is 11.1. The van der Waals surface area contributed by atoms with Crippen LogP contribution in [-0.2, 0) is 5.54 Å². The zero-order chi connectivity index (χ0) is 15.0. The number of nitrogens with zero attached hydrogens (tertiary/aromatic N) is 3. The molecule has 1 heterocycles. The molecule has 0 amide bonds. The Hall–Kier alpha value is -1.64. The molecule has 1 saturated carbocycles. The van der Waals surface area contributed by atoms with Crippen molar-refractivity contribution in [2.75, 3.05) is 6.26 Å². The lowest BCUT2D eigenvalue weighted by atomic mass is 9.77. The summed E-state index contributed by atoms with van der Waals surface area (Å²) in [4.78, 5) is 15.6. The number of hydrogen-bond donors (Lipinski definition) is 1. The lowest BCUT2D eigenvalue weighted by Gasteiger charge is -2.34. The molecule has 0 unspecified atom stereocenters. The van der Waals surface area contributed by atoms with Crippen LogP contribution >= 0.6 is 24.2 Å². The van der Waals surface area contributed by atoms with E-state index < -0.39 is 10.5 Å². The van der Waals surface area contributed by atoms with E-state index in [1.807, 2.05) is 0 Å². The lowest BCUT2D eigenvalue weighted by molar-refractivity contribution is -0.387. The first-order valence-corrected chi connectivity index (χ1v) is 7.72. The van der Waals surface area contributed by atoms with E-state index in [9.17, 15) is 10.1 Å². The molecule has 118 valence electrons. The SMILES string of the molecule is CSc1ccc(-c2nc(C3(N)CCC3)no2)cc1[N+](=O)[O-].Cl. The van der Waals surface area contributed by atoms with Gasteiger partial charge in [0, 0.05) is 11.6 Å². The first-order valence-electron chi connectivity index (χ1n) is 6.49. The Morgan fingerprint density at radius 2 is 2.18 bits per heavy atom. The predicted octanol–water partition coefficient (Wildman–Crippen LogP) is 3.13. The van der Waals surface area contributed by atoms with Gasteiger partial charge in [-0.1, -0.05) is 5.16 Å². The maximum absolute atomic E-state index is 11.1. The van der Waals surface area contributed by atoms with Crippen LogP contribution in [0.2, 0.25) is 0 Å². The standard InChI is InChI=1S/C13H14N4O3S.ClH/c1-21-10-4-3-8(7-9(10)17(18)19)11-15-12(16-20-11)13(14)5-2-6-13;/h3-4,7H,2,5-6,14H2,1H3;1H. The summed E-state index contributed by atoms with van der Waals surface area (Å²) < 4.78 is 5.21. The van der Waals surface area contributed by atoms with Crippen LogP contribution in [0.1, 0.15) is 25.1 Å². The molecule has 1 aromatic heterocycles. The zero-order valence-electron chi connectivity index (χ0n) is 11.8. The molecule has 7 nitrogen and oxygen atoms in total. The first kappa shape index (κ1) is 16.7. The summed E-state index contributed by atoms with van der Waals surface area (Å²) in [5, 5.41) is 15.0. The van der Waals surface area contributed by atoms with Crippen LogP contribution in [0.5, 0.6) is 0 Å². The van der Waals surface area contributed by atoms with E-state index in [1.165, 1.54) is 17.8 Å². The molecule has 2 aromatic rings. The molecule has 0 spiro atoms. The van der Waals surface area contributed by atoms with Gasteiger partial charge in [0.25, 0.3) is 11.6 Å². The van der Waals surface area contributed by atoms with E-state index in [2.05, 4.69) is 10.1 Å². The Labute approximate surface area is 137 Å². The minimum Gasteiger partial charge on any atom is -0.334 e. The number of nitro benzene ring substituents is 1. The van der Waals surface area contributed by atoms with Gasteiger partial charge in [-0.3, -0.25) is 10.1 Å². The normalized spacial score (nSPS) is 15.7. The molecule has 9 heteroatoms. The van der Waals surface area contributed by atoms with Crippen molar-refractivity contribution in [3.8, 4) is 11.5 Å². The second-order valence-corrected chi connectivity index (χ2v) is 5.92. The van der Waals surface area contributed by atoms with Gasteiger partial charge in [0.15, 0.2) is 5.82 Å². The number of halogens is 1. The topological polar surface area (TPSA) is 108 Å². The van der Waals surface area contributed by atoms with Crippen LogP contribution in [0, 0.1) is 10.1 Å². The molecule has 3 rings (SSSR count). The fourth-order valence-electron chi connectivity index (χ4n) is 2.29. The second kappa shape index (κ2) is 6.23. The van der Waals surface area contributed by atoms with E-state index in [1.54, 1.807) is 18.4 Å². The molecule has 1 aromatic carbocycles. The minimum absolute atomic E-state index is 0. The van der Waals surface area contributed by atoms with Crippen LogP contribution in [0.15, 0.2) is 27.6 Å². The van der Waals surface area contributed by atoms with Crippen LogP contribution in [0.4, 0.5) is 5.69 Å². The van der Waals surface area contributed by atoms with Crippen molar-refractivity contribution in [1.29, 1.82) is 0 Å². The summed E-state index contributed by atoms with van der Waals surface area (Å²) in [6, 6.07) is 4.87. The first-order chi connectivity index (χ1) is 10.0. The summed E-state index contributed by atoms with van der Waals surface area (Å²) in [7, 11) is 0. The van der Waals surface area contributed by atoms with E-state index in [0.29, 0.717) is 16.3 Å². The summed E-state index contributed by atoms with van der Waals surface area (Å²) in [5.74, 6) is 0.734. The summed E-state index contributed by atoms with van der Waals surface area (Å²) in [6.45, 7) is 0. The van der Waals surface area contributed by atoms with Crippen LogP contribution in [0.3, 0.4) is 0 Å². The molecule has 1 fully saturated rings. The highest BCUT2D eigenvalue weighted by molar-refractivity contribution is 7.98. The number of nitrogens with two attached hydrogens (primary N) is 1. The minimum atomic E-state index is -0.507. The number of benzene rings is 1. The van der Waals surface area contributed by atoms with Crippen molar-refractivity contribution in [2.24, 2.45) is 5.73 Å². The summed E-state index contributed by atoms with van der Waals surface area (Å²) >= 11 is 1.32. The zero-order valence-corrected chi connectivity index (χ0v) is 13.4. The Morgan fingerprint density at radius 3 is 2.73 bits per heavy atom. The van der Waals surface area contributed by atoms with Gasteiger partial charge in [-0.05, 0) is 37.7 Å². The molecule has 0 aliphatic heterocycles. The van der Waals surface area contributed by atoms with Crippen molar-refractivity contribution < 1.29 is 9.45 Å². The average Bonchev–Trinajstić information content (AvgIpc) is 2.94. The molecule has 0 bridgehead atoms. The number of rotatable bonds is 4. The molecule has 2 N–H and O–H groups in total. The van der Waals surface area contributed by atoms with Gasteiger partial charge in [-0.15, -0.1) is 24.2 Å². The lowest BCUT2D eigenvalue weighted by Crippen LogP contribution is -2.44. The van der Waals surface area contributed by atoms with Crippen LogP contribution in [0.25, 0.3) is 11.5 Å². The van der Waals surface area contributed by atoms with Crippen LogP contribution < -0.4 is 5.73 Å². The third kappa shape index (κ3) is 2.81. The van der Waals surface area contributed by atoms with Gasteiger partial charge < -0.3 is 10.3 Å². The van der Waals surface area contributed by atoms with Gasteiger partial charge in [0.05, 0.1) is 15.4 Å². The van der Waals surface area contributed by atoms with Gasteiger partial charge in [-0.2, -0.15) is 4.98 Å². The molecular formula is C13H15ClN4O3S. The van der Waals surface area contributed by atoms with E-state index in [0.717, 1.165) is 19.3 Å². The average molecular weight is 343 g/mol. The van der Waals surface area contributed by atoms with Gasteiger partial charge in [0.1, 0.15) is 0 Å². The second-order valence-electron chi connectivity index (χ2n) is 5.08. The van der Waals surface area contributed by atoms with Crippen LogP contribution in [-0.4, -0.2) is 21.3 Å². The smallest absolute Gasteiger partial charge is 0.283 e. The quantitative estimate of drug-likeness (QED) is 0.516. The van der Waals surface area contributed by atoms with Gasteiger partial charge in [0.2, 0.25) is 0 Å². The Kier molecular flexibility index (Phi) is 4.74. The highest BCUT2D eigenvalue weighted by Gasteiger charge is 2.39. The van der Waals surface area contributed by atoms with E-state index in [-0.39, 0.29) is 24.0 Å². The highest BCUT2D eigenvalue weighted by Crippen LogP contribution is 2.38. The van der Waals surface area contributed by atoms with E-state index in [4.69, 9.17) is 10.3 Å². The molecule has 1 aliphatic carbocycles. The third-order valence-corrected chi connectivity index (χ3v) is 4.52. The van der Waals surface area contributed by atoms with Crippen molar-refractivity contribution in [2.45, 2.75) is 29.7 Å². The van der Waals surface area contributed by atoms with Crippen molar-refractivity contribution in [3.63, 3.8) is 0 Å². The molecular weight excluding hydrogens is 328 g/mol. The molecule has 0 saturated heterocycles. The molecule has 0 atom stereocenters. The van der Waals surface area contributed by atoms with Crippen molar-refractivity contribution in [1.82, 2.24) is 10.1 Å². The van der Waals surface area contributed by atoms with Crippen molar-refractivity contribution >= 4 is 29.9 Å². The summed E-state index contributed by atoms with van der Waals surface area (Å²) in [6.07, 6.45) is 4.50.